The van der Waals surface area contributed by atoms with Gasteiger partial charge in [-0.2, -0.15) is 13.2 Å². The van der Waals surface area contributed by atoms with E-state index in [1.807, 2.05) is 12.1 Å². The number of hydrogen-bond acceptors (Lipinski definition) is 6. The third-order valence-electron chi connectivity index (χ3n) is 6.23. The Bertz CT molecular complexity index is 1300. The van der Waals surface area contributed by atoms with E-state index in [9.17, 15) is 18.0 Å². The van der Waals surface area contributed by atoms with Crippen LogP contribution in [0.5, 0.6) is 11.6 Å². The molecule has 0 bridgehead atoms. The molecular formula is C28H26F3N5O2. The van der Waals surface area contributed by atoms with Crippen molar-refractivity contribution < 1.29 is 22.7 Å². The standard InChI is InChI=1S/C28H26F3N5O2/c29-28(30,31)22-7-11-26(35-17-22)38-24-3-1-2-19(13-24)12-18-4-8-23(9-5-18)36-27(37)20-6-10-25(34-16-20)21(14-32)15-33/h1-3,6-7,10-17,21,23,32-33H,4-5,8-9H2,(H,36,37). The maximum absolute atomic E-state index is 12.7. The van der Waals surface area contributed by atoms with Crippen LogP contribution in [0.2, 0.25) is 0 Å². The summed E-state index contributed by atoms with van der Waals surface area (Å²) in [5.41, 5.74) is 2.29. The monoisotopic (exact) mass is 521 g/mol. The highest BCUT2D eigenvalue weighted by Crippen LogP contribution is 2.31. The van der Waals surface area contributed by atoms with Gasteiger partial charge in [0.1, 0.15) is 5.75 Å². The molecule has 2 heterocycles. The number of carbonyl (C=O) groups is 1. The average Bonchev–Trinajstić information content (AvgIpc) is 2.91. The number of nitrogens with one attached hydrogen (secondary N) is 3. The number of hydrogen-bond donors (Lipinski definition) is 3. The van der Waals surface area contributed by atoms with Gasteiger partial charge in [0.05, 0.1) is 22.7 Å². The van der Waals surface area contributed by atoms with Crippen LogP contribution in [0, 0.1) is 10.8 Å². The van der Waals surface area contributed by atoms with E-state index in [-0.39, 0.29) is 17.8 Å². The van der Waals surface area contributed by atoms with Crippen molar-refractivity contribution in [1.82, 2.24) is 15.3 Å². The number of benzene rings is 1. The van der Waals surface area contributed by atoms with Crippen molar-refractivity contribution in [2.45, 2.75) is 43.8 Å². The minimum Gasteiger partial charge on any atom is -0.439 e. The summed E-state index contributed by atoms with van der Waals surface area (Å²) < 4.78 is 43.8. The maximum Gasteiger partial charge on any atom is 0.417 e. The molecule has 196 valence electrons. The van der Waals surface area contributed by atoms with Crippen LogP contribution in [-0.2, 0) is 6.18 Å². The lowest BCUT2D eigenvalue weighted by Crippen LogP contribution is -2.36. The summed E-state index contributed by atoms with van der Waals surface area (Å²) in [6.07, 6.45) is 5.29. The van der Waals surface area contributed by atoms with E-state index in [1.165, 1.54) is 17.8 Å². The van der Waals surface area contributed by atoms with Crippen LogP contribution >= 0.6 is 0 Å². The van der Waals surface area contributed by atoms with Crippen molar-refractivity contribution in [3.8, 4) is 11.6 Å². The normalized spacial score (nSPS) is 16.3. The molecule has 38 heavy (non-hydrogen) atoms. The van der Waals surface area contributed by atoms with Crippen molar-refractivity contribution in [2.24, 2.45) is 0 Å². The highest BCUT2D eigenvalue weighted by molar-refractivity contribution is 5.94. The first kappa shape index (κ1) is 26.7. The van der Waals surface area contributed by atoms with Gasteiger partial charge in [-0.15, -0.1) is 0 Å². The van der Waals surface area contributed by atoms with E-state index < -0.39 is 17.7 Å². The summed E-state index contributed by atoms with van der Waals surface area (Å²) in [6.45, 7) is 0. The summed E-state index contributed by atoms with van der Waals surface area (Å²) in [6, 6.07) is 12.7. The molecule has 0 aliphatic heterocycles. The maximum atomic E-state index is 12.7. The second-order valence-electron chi connectivity index (χ2n) is 8.94. The van der Waals surface area contributed by atoms with E-state index in [4.69, 9.17) is 15.6 Å². The van der Waals surface area contributed by atoms with Crippen LogP contribution in [0.3, 0.4) is 0 Å². The number of aromatic nitrogens is 2. The molecule has 3 aromatic rings. The summed E-state index contributed by atoms with van der Waals surface area (Å²) in [7, 11) is 0. The molecule has 0 saturated heterocycles. The zero-order valence-corrected chi connectivity index (χ0v) is 20.3. The molecule has 3 N–H and O–H groups in total. The fourth-order valence-electron chi connectivity index (χ4n) is 4.13. The second kappa shape index (κ2) is 11.8. The lowest BCUT2D eigenvalue weighted by Gasteiger charge is -2.25. The summed E-state index contributed by atoms with van der Waals surface area (Å²) in [5, 5.41) is 17.7. The third kappa shape index (κ3) is 6.90. The van der Waals surface area contributed by atoms with Crippen molar-refractivity contribution in [2.75, 3.05) is 0 Å². The zero-order valence-electron chi connectivity index (χ0n) is 20.3. The van der Waals surface area contributed by atoms with Crippen LogP contribution < -0.4 is 10.1 Å². The Kier molecular flexibility index (Phi) is 8.30. The lowest BCUT2D eigenvalue weighted by atomic mass is 9.89. The minimum absolute atomic E-state index is 0.0376. The first-order chi connectivity index (χ1) is 18.2. The molecule has 1 amide bonds. The van der Waals surface area contributed by atoms with E-state index >= 15 is 0 Å². The highest BCUT2D eigenvalue weighted by Gasteiger charge is 2.30. The fourth-order valence-corrected chi connectivity index (χ4v) is 4.13. The van der Waals surface area contributed by atoms with Crippen molar-refractivity contribution in [3.63, 3.8) is 0 Å². The van der Waals surface area contributed by atoms with Gasteiger partial charge in [-0.05, 0) is 61.6 Å². The Morgan fingerprint density at radius 2 is 1.79 bits per heavy atom. The van der Waals surface area contributed by atoms with Gasteiger partial charge in [-0.1, -0.05) is 23.8 Å². The predicted molar refractivity (Wildman–Crippen MR) is 138 cm³/mol. The van der Waals surface area contributed by atoms with Gasteiger partial charge in [0, 0.05) is 36.9 Å². The number of halogens is 3. The molecule has 0 unspecified atom stereocenters. The van der Waals surface area contributed by atoms with Gasteiger partial charge < -0.3 is 20.9 Å². The Morgan fingerprint density at radius 1 is 1.03 bits per heavy atom. The van der Waals surface area contributed by atoms with E-state index in [0.717, 1.165) is 55.9 Å². The summed E-state index contributed by atoms with van der Waals surface area (Å²) in [5.74, 6) is -0.151. The van der Waals surface area contributed by atoms with E-state index in [0.29, 0.717) is 17.0 Å². The molecule has 1 fully saturated rings. The molecule has 0 atom stereocenters. The number of nitrogens with zero attached hydrogens (tertiary/aromatic N) is 2. The number of allylic oxidation sites excluding steroid dienone is 1. The summed E-state index contributed by atoms with van der Waals surface area (Å²) in [4.78, 5) is 20.6. The number of amides is 1. The molecule has 2 aromatic heterocycles. The Morgan fingerprint density at radius 3 is 2.39 bits per heavy atom. The topological polar surface area (TPSA) is 112 Å². The van der Waals surface area contributed by atoms with Crippen molar-refractivity contribution >= 4 is 24.4 Å². The van der Waals surface area contributed by atoms with E-state index in [2.05, 4.69) is 21.4 Å². The number of ether oxygens (including phenoxy) is 1. The molecule has 1 saturated carbocycles. The molecular weight excluding hydrogens is 495 g/mol. The largest absolute Gasteiger partial charge is 0.439 e. The third-order valence-corrected chi connectivity index (χ3v) is 6.23. The van der Waals surface area contributed by atoms with Crippen LogP contribution in [0.4, 0.5) is 13.2 Å². The first-order valence-electron chi connectivity index (χ1n) is 12.0. The van der Waals surface area contributed by atoms with Crippen LogP contribution in [-0.4, -0.2) is 34.3 Å². The van der Waals surface area contributed by atoms with Crippen LogP contribution in [0.25, 0.3) is 6.08 Å². The van der Waals surface area contributed by atoms with Crippen molar-refractivity contribution in [1.29, 1.82) is 10.8 Å². The Balaban J connectivity index is 1.31. The molecule has 0 radical (unpaired) electrons. The number of alkyl halides is 3. The Labute approximate surface area is 217 Å². The fraction of sp³-hybridized carbons (Fsp3) is 0.250. The highest BCUT2D eigenvalue weighted by atomic mass is 19.4. The zero-order chi connectivity index (χ0) is 27.1. The van der Waals surface area contributed by atoms with Gasteiger partial charge in [0.15, 0.2) is 0 Å². The van der Waals surface area contributed by atoms with Gasteiger partial charge in [0.2, 0.25) is 5.88 Å². The summed E-state index contributed by atoms with van der Waals surface area (Å²) >= 11 is 0. The average molecular weight is 522 g/mol. The number of pyridine rings is 2. The van der Waals surface area contributed by atoms with Gasteiger partial charge >= 0.3 is 6.18 Å². The number of carbonyl (C=O) groups excluding carboxylic acids is 1. The van der Waals surface area contributed by atoms with Crippen LogP contribution in [0.15, 0.2) is 66.5 Å². The molecule has 1 aromatic carbocycles. The predicted octanol–water partition coefficient (Wildman–Crippen LogP) is 6.43. The molecule has 1 aliphatic carbocycles. The van der Waals surface area contributed by atoms with Crippen molar-refractivity contribution in [3.05, 3.63) is 88.9 Å². The second-order valence-corrected chi connectivity index (χ2v) is 8.94. The van der Waals surface area contributed by atoms with Gasteiger partial charge in [-0.25, -0.2) is 4.98 Å². The quantitative estimate of drug-likeness (QED) is 0.297. The minimum atomic E-state index is -4.45. The lowest BCUT2D eigenvalue weighted by molar-refractivity contribution is -0.137. The molecule has 0 spiro atoms. The Hall–Kier alpha value is -4.34. The SMILES string of the molecule is N=CC(C=N)c1ccc(C(=O)NC2CCC(=Cc3cccc(Oc4ccc(C(F)(F)F)cn4)c3)CC2)cn1. The first-order valence-corrected chi connectivity index (χ1v) is 12.0. The van der Waals surface area contributed by atoms with E-state index in [1.54, 1.807) is 24.3 Å². The van der Waals surface area contributed by atoms with Gasteiger partial charge in [0.25, 0.3) is 5.91 Å². The van der Waals surface area contributed by atoms with Crippen LogP contribution in [0.1, 0.15) is 58.8 Å². The smallest absolute Gasteiger partial charge is 0.417 e. The molecule has 1 aliphatic rings. The van der Waals surface area contributed by atoms with Gasteiger partial charge in [-0.3, -0.25) is 9.78 Å². The number of rotatable bonds is 8. The molecule has 7 nitrogen and oxygen atoms in total. The molecule has 4 rings (SSSR count). The molecule has 10 heteroatoms.